The number of hydrogen-bond acceptors (Lipinski definition) is 8. The van der Waals surface area contributed by atoms with Crippen LogP contribution in [-0.4, -0.2) is 80.2 Å². The summed E-state index contributed by atoms with van der Waals surface area (Å²) in [4.78, 5) is 56.7. The molecule has 2 fully saturated rings. The molecule has 276 valence electrons. The number of nitrogens with zero attached hydrogens (tertiary/aromatic N) is 5. The van der Waals surface area contributed by atoms with E-state index in [1.165, 1.54) is 7.11 Å². The second-order valence-electron chi connectivity index (χ2n) is 14.8. The Labute approximate surface area is 313 Å². The van der Waals surface area contributed by atoms with Crippen LogP contribution in [0.1, 0.15) is 57.3 Å². The lowest BCUT2D eigenvalue weighted by atomic mass is 9.98. The molecule has 0 radical (unpaired) electrons. The number of carbonyl (C=O) groups is 3. The fourth-order valence-corrected chi connectivity index (χ4v) is 7.08. The molecule has 5 aromatic rings. The fourth-order valence-electron chi connectivity index (χ4n) is 7.08. The van der Waals surface area contributed by atoms with Crippen LogP contribution >= 0.6 is 0 Å². The molecule has 3 aromatic carbocycles. The number of fused-ring (bicyclic) bond motifs is 1. The van der Waals surface area contributed by atoms with E-state index in [-0.39, 0.29) is 30.5 Å². The number of rotatable bonds is 7. The van der Waals surface area contributed by atoms with Gasteiger partial charge >= 0.3 is 12.2 Å². The first-order valence-electron chi connectivity index (χ1n) is 17.8. The highest BCUT2D eigenvalue weighted by molar-refractivity contribution is 5.90. The molecule has 0 spiro atoms. The second-order valence-corrected chi connectivity index (χ2v) is 14.8. The number of aromatic amines is 2. The van der Waals surface area contributed by atoms with Crippen molar-refractivity contribution in [3.63, 3.8) is 0 Å². The van der Waals surface area contributed by atoms with Gasteiger partial charge in [-0.15, -0.1) is 0 Å². The largest absolute Gasteiger partial charge is 0.453 e. The Kier molecular flexibility index (Phi) is 9.68. The summed E-state index contributed by atoms with van der Waals surface area (Å²) in [6.45, 7) is 10.1. The molecular weight excluding hydrogens is 685 g/mol. The van der Waals surface area contributed by atoms with Gasteiger partial charge in [0.2, 0.25) is 5.91 Å². The van der Waals surface area contributed by atoms with E-state index >= 15 is 0 Å². The van der Waals surface area contributed by atoms with E-state index in [4.69, 9.17) is 4.74 Å². The monoisotopic (exact) mass is 726 g/mol. The highest BCUT2D eigenvalue weighted by Crippen LogP contribution is 2.37. The Morgan fingerprint density at radius 3 is 2.13 bits per heavy atom. The first kappa shape index (κ1) is 36.0. The van der Waals surface area contributed by atoms with Crippen molar-refractivity contribution in [3.05, 3.63) is 96.9 Å². The number of methoxy groups -OCH3 is 1. The molecule has 3 amide bonds. The number of aromatic nitrogens is 4. The van der Waals surface area contributed by atoms with Crippen LogP contribution < -0.4 is 5.32 Å². The maximum atomic E-state index is 13.0. The van der Waals surface area contributed by atoms with Gasteiger partial charge in [-0.05, 0) is 73.2 Å². The number of imidazole rings is 2. The smallest absolute Gasteiger partial charge is 0.410 e. The van der Waals surface area contributed by atoms with Crippen molar-refractivity contribution in [2.45, 2.75) is 51.3 Å². The third-order valence-electron chi connectivity index (χ3n) is 9.76. The van der Waals surface area contributed by atoms with Crippen LogP contribution in [0, 0.1) is 17.2 Å². The number of hydrogen-bond donors (Lipinski definition) is 3. The van der Waals surface area contributed by atoms with E-state index in [0.717, 1.165) is 50.0 Å². The number of ether oxygens (including phenoxy) is 2. The van der Waals surface area contributed by atoms with Crippen molar-refractivity contribution in [2.75, 3.05) is 26.7 Å². The van der Waals surface area contributed by atoms with Crippen molar-refractivity contribution in [3.8, 4) is 39.7 Å². The number of amides is 3. The topological polar surface area (TPSA) is 169 Å². The summed E-state index contributed by atoms with van der Waals surface area (Å²) in [5, 5.41) is 14.2. The normalized spacial score (nSPS) is 18.5. The number of likely N-dealkylation sites (tertiary alicyclic amines) is 2. The van der Waals surface area contributed by atoms with Gasteiger partial charge in [0.15, 0.2) is 0 Å². The Morgan fingerprint density at radius 2 is 1.48 bits per heavy atom. The molecule has 3 unspecified atom stereocenters. The fraction of sp³-hybridized carbons (Fsp3) is 0.317. The molecule has 13 nitrogen and oxygen atoms in total. The number of alkyl carbamates (subject to hydrolysis) is 1. The summed E-state index contributed by atoms with van der Waals surface area (Å²) in [6, 6.07) is 22.4. The Morgan fingerprint density at radius 1 is 0.889 bits per heavy atom. The van der Waals surface area contributed by atoms with Crippen LogP contribution in [-0.2, 0) is 14.3 Å². The lowest BCUT2D eigenvalue weighted by molar-refractivity contribution is -0.131. The van der Waals surface area contributed by atoms with Gasteiger partial charge in [-0.1, -0.05) is 60.7 Å². The van der Waals surface area contributed by atoms with Gasteiger partial charge in [0.1, 0.15) is 23.8 Å². The van der Waals surface area contributed by atoms with Crippen LogP contribution in [0.4, 0.5) is 9.59 Å². The van der Waals surface area contributed by atoms with Crippen LogP contribution in [0.5, 0.6) is 0 Å². The molecule has 54 heavy (non-hydrogen) atoms. The minimum absolute atomic E-state index is 0.171. The average Bonchev–Trinajstić information content (AvgIpc) is 3.98. The maximum Gasteiger partial charge on any atom is 0.410 e. The van der Waals surface area contributed by atoms with Crippen LogP contribution in [0.3, 0.4) is 0 Å². The van der Waals surface area contributed by atoms with Gasteiger partial charge in [-0.3, -0.25) is 9.69 Å². The average molecular weight is 727 g/mol. The maximum absolute atomic E-state index is 13.0. The Hall–Kier alpha value is -6.42. The summed E-state index contributed by atoms with van der Waals surface area (Å²) in [5.41, 5.74) is 5.98. The molecular formula is C41H42N8O5. The molecule has 2 aliphatic heterocycles. The standard InChI is InChI=1S/C41H42N8O5/c1-24-14-34(48(22-24)36(50)21-45-39(51)53-5)37-44-20-33(47-37)31-13-12-29-16-28(10-11-30(29)17-31)26-6-8-27(9-7-26)32-19-43-38(46-32)35-15-25(18-42)23-49(35)40(52)54-41(2,3)4/h6-13,16-17,19-20,25,34-35H,1,14-15,21-23H2,2-5H3,(H,43,46)(H,44,47)(H,45,51). The summed E-state index contributed by atoms with van der Waals surface area (Å²) >= 11 is 0. The summed E-state index contributed by atoms with van der Waals surface area (Å²) in [5.74, 6) is 0.760. The zero-order valence-corrected chi connectivity index (χ0v) is 30.7. The van der Waals surface area contributed by atoms with Crippen molar-refractivity contribution in [1.29, 1.82) is 5.26 Å². The zero-order chi connectivity index (χ0) is 38.1. The first-order chi connectivity index (χ1) is 25.9. The zero-order valence-electron chi connectivity index (χ0n) is 30.7. The number of H-pyrrole nitrogens is 2. The van der Waals surface area contributed by atoms with Gasteiger partial charge in [0.05, 0.1) is 55.0 Å². The third kappa shape index (κ3) is 7.54. The Balaban J connectivity index is 1.04. The van der Waals surface area contributed by atoms with Gasteiger partial charge in [0, 0.05) is 18.7 Å². The van der Waals surface area contributed by atoms with Gasteiger partial charge in [0.25, 0.3) is 0 Å². The third-order valence-corrected chi connectivity index (χ3v) is 9.76. The van der Waals surface area contributed by atoms with Crippen molar-refractivity contribution < 1.29 is 23.9 Å². The van der Waals surface area contributed by atoms with E-state index in [2.05, 4.69) is 85.1 Å². The minimum atomic E-state index is -0.660. The summed E-state index contributed by atoms with van der Waals surface area (Å²) in [6.07, 6.45) is 3.51. The predicted molar refractivity (Wildman–Crippen MR) is 203 cm³/mol. The Bertz CT molecular complexity index is 2280. The van der Waals surface area contributed by atoms with E-state index in [1.54, 1.807) is 22.2 Å². The molecule has 3 N–H and O–H groups in total. The van der Waals surface area contributed by atoms with E-state index < -0.39 is 17.8 Å². The highest BCUT2D eigenvalue weighted by Gasteiger charge is 2.40. The number of carbonyl (C=O) groups excluding carboxylic acids is 3. The first-order valence-corrected chi connectivity index (χ1v) is 17.8. The van der Waals surface area contributed by atoms with E-state index in [9.17, 15) is 19.6 Å². The van der Waals surface area contributed by atoms with E-state index in [0.29, 0.717) is 37.6 Å². The molecule has 0 aliphatic carbocycles. The van der Waals surface area contributed by atoms with Crippen LogP contribution in [0.15, 0.2) is 85.2 Å². The van der Waals surface area contributed by atoms with E-state index in [1.807, 2.05) is 39.0 Å². The molecule has 4 heterocycles. The molecule has 2 aromatic heterocycles. The lowest BCUT2D eigenvalue weighted by Crippen LogP contribution is -2.40. The summed E-state index contributed by atoms with van der Waals surface area (Å²) < 4.78 is 10.2. The molecule has 0 saturated carbocycles. The number of benzene rings is 3. The summed E-state index contributed by atoms with van der Waals surface area (Å²) in [7, 11) is 1.25. The van der Waals surface area contributed by atoms with Crippen molar-refractivity contribution >= 4 is 28.9 Å². The number of nitriles is 1. The molecule has 7 rings (SSSR count). The van der Waals surface area contributed by atoms with Crippen LogP contribution in [0.2, 0.25) is 0 Å². The van der Waals surface area contributed by atoms with Crippen molar-refractivity contribution in [2.24, 2.45) is 5.92 Å². The molecule has 3 atom stereocenters. The lowest BCUT2D eigenvalue weighted by Gasteiger charge is -2.27. The second kappa shape index (κ2) is 14.5. The number of nitrogens with one attached hydrogen (secondary N) is 3. The minimum Gasteiger partial charge on any atom is -0.453 e. The van der Waals surface area contributed by atoms with Gasteiger partial charge in [-0.25, -0.2) is 19.6 Å². The molecule has 0 bridgehead atoms. The highest BCUT2D eigenvalue weighted by atomic mass is 16.6. The van der Waals surface area contributed by atoms with Gasteiger partial charge in [-0.2, -0.15) is 5.26 Å². The predicted octanol–water partition coefficient (Wildman–Crippen LogP) is 7.29. The molecule has 2 saturated heterocycles. The SMILES string of the molecule is C=C1CC(c2ncc(-c3ccc4cc(-c5ccc(-c6cnc(C7CC(C#N)CN7C(=O)OC(C)(C)C)[nH]6)cc5)ccc4c3)[nH]2)N(C(=O)CNC(=O)OC)C1. The van der Waals surface area contributed by atoms with Crippen molar-refractivity contribution in [1.82, 2.24) is 35.1 Å². The van der Waals surface area contributed by atoms with Gasteiger partial charge < -0.3 is 29.7 Å². The quantitative estimate of drug-likeness (QED) is 0.147. The molecule has 13 heteroatoms. The molecule has 2 aliphatic rings. The van der Waals surface area contributed by atoms with Crippen LogP contribution in [0.25, 0.3) is 44.4 Å².